The zero-order valence-corrected chi connectivity index (χ0v) is 19.2. The van der Waals surface area contributed by atoms with Gasteiger partial charge in [0.15, 0.2) is 0 Å². The monoisotopic (exact) mass is 488 g/mol. The number of anilines is 1. The number of rotatable bonds is 10. The second kappa shape index (κ2) is 10.5. The molecule has 8 heteroatoms. The third-order valence-electron chi connectivity index (χ3n) is 6.14. The molecular formula is C23H30BrFN6. The van der Waals surface area contributed by atoms with Gasteiger partial charge in [0.2, 0.25) is 0 Å². The molecule has 3 aromatic rings. The molecule has 31 heavy (non-hydrogen) atoms. The zero-order valence-electron chi connectivity index (χ0n) is 17.7. The van der Waals surface area contributed by atoms with Gasteiger partial charge >= 0.3 is 0 Å². The summed E-state index contributed by atoms with van der Waals surface area (Å²) in [7, 11) is 0. The van der Waals surface area contributed by atoms with Gasteiger partial charge in [0, 0.05) is 16.7 Å². The maximum Gasteiger partial charge on any atom is 0.146 e. The Bertz CT molecular complexity index is 990. The van der Waals surface area contributed by atoms with Gasteiger partial charge in [-0.25, -0.2) is 14.4 Å². The third-order valence-corrected chi connectivity index (χ3v) is 6.74. The molecule has 2 aromatic heterocycles. The van der Waals surface area contributed by atoms with E-state index in [1.807, 2.05) is 12.1 Å². The van der Waals surface area contributed by atoms with Crippen molar-refractivity contribution in [2.45, 2.75) is 38.1 Å². The van der Waals surface area contributed by atoms with E-state index in [0.29, 0.717) is 17.8 Å². The Morgan fingerprint density at radius 2 is 1.90 bits per heavy atom. The van der Waals surface area contributed by atoms with Crippen LogP contribution in [0, 0.1) is 11.7 Å². The minimum atomic E-state index is -0.176. The van der Waals surface area contributed by atoms with Crippen LogP contribution in [0.1, 0.15) is 37.3 Å². The van der Waals surface area contributed by atoms with Crippen molar-refractivity contribution in [3.05, 3.63) is 52.6 Å². The molecule has 0 aliphatic heterocycles. The highest BCUT2D eigenvalue weighted by molar-refractivity contribution is 9.10. The van der Waals surface area contributed by atoms with Crippen LogP contribution in [-0.2, 0) is 6.42 Å². The Kier molecular flexibility index (Phi) is 7.53. The van der Waals surface area contributed by atoms with Crippen molar-refractivity contribution >= 4 is 32.8 Å². The van der Waals surface area contributed by atoms with E-state index in [2.05, 4.69) is 47.3 Å². The van der Waals surface area contributed by atoms with Crippen molar-refractivity contribution in [1.29, 1.82) is 0 Å². The van der Waals surface area contributed by atoms with Crippen LogP contribution < -0.4 is 16.4 Å². The maximum atomic E-state index is 12.9. The highest BCUT2D eigenvalue weighted by Crippen LogP contribution is 2.39. The molecule has 4 N–H and O–H groups in total. The van der Waals surface area contributed by atoms with Gasteiger partial charge in [-0.1, -0.05) is 12.1 Å². The van der Waals surface area contributed by atoms with Gasteiger partial charge in [0.05, 0.1) is 5.39 Å². The molecule has 1 aliphatic rings. The number of nitrogens with two attached hydrogens (primary N) is 1. The zero-order chi connectivity index (χ0) is 21.6. The molecule has 2 heterocycles. The summed E-state index contributed by atoms with van der Waals surface area (Å²) in [5.74, 6) is 1.04. The summed E-state index contributed by atoms with van der Waals surface area (Å²) >= 11 is 3.61. The Balaban J connectivity index is 1.13. The Morgan fingerprint density at radius 1 is 1.10 bits per heavy atom. The normalized spacial score (nSPS) is 18.8. The summed E-state index contributed by atoms with van der Waals surface area (Å²) in [6.07, 6.45) is 9.23. The van der Waals surface area contributed by atoms with Crippen molar-refractivity contribution < 1.29 is 4.39 Å². The fourth-order valence-corrected chi connectivity index (χ4v) is 5.08. The van der Waals surface area contributed by atoms with E-state index in [0.717, 1.165) is 67.4 Å². The molecule has 0 bridgehead atoms. The lowest BCUT2D eigenvalue weighted by Gasteiger charge is -2.15. The minimum Gasteiger partial charge on any atom is -0.383 e. The van der Waals surface area contributed by atoms with Crippen molar-refractivity contribution in [3.63, 3.8) is 0 Å². The molecule has 1 saturated carbocycles. The van der Waals surface area contributed by atoms with Crippen molar-refractivity contribution in [1.82, 2.24) is 25.2 Å². The molecule has 2 atom stereocenters. The summed E-state index contributed by atoms with van der Waals surface area (Å²) in [5.41, 5.74) is 8.12. The third kappa shape index (κ3) is 5.61. The van der Waals surface area contributed by atoms with Crippen molar-refractivity contribution in [2.24, 2.45) is 5.92 Å². The van der Waals surface area contributed by atoms with Crippen molar-refractivity contribution in [2.75, 3.05) is 31.9 Å². The fraction of sp³-hybridized carbons (Fsp3) is 0.478. The number of nitrogen functional groups attached to an aromatic ring is 1. The molecule has 1 aliphatic carbocycles. The molecule has 0 saturated heterocycles. The van der Waals surface area contributed by atoms with Crippen LogP contribution in [0.4, 0.5) is 10.2 Å². The van der Waals surface area contributed by atoms with Gasteiger partial charge in [0.25, 0.3) is 0 Å². The van der Waals surface area contributed by atoms with E-state index in [9.17, 15) is 4.39 Å². The molecule has 4 rings (SSSR count). The van der Waals surface area contributed by atoms with Gasteiger partial charge in [0.1, 0.15) is 23.6 Å². The largest absolute Gasteiger partial charge is 0.383 e. The average molecular weight is 489 g/mol. The lowest BCUT2D eigenvalue weighted by atomic mass is 10.1. The second-order valence-corrected chi connectivity index (χ2v) is 9.21. The number of benzene rings is 1. The molecular weight excluding hydrogens is 459 g/mol. The fourth-order valence-electron chi connectivity index (χ4n) is 4.48. The molecule has 0 radical (unpaired) electrons. The first-order valence-electron chi connectivity index (χ1n) is 11.0. The van der Waals surface area contributed by atoms with Gasteiger partial charge < -0.3 is 20.9 Å². The van der Waals surface area contributed by atoms with Gasteiger partial charge in [-0.3, -0.25) is 0 Å². The van der Waals surface area contributed by atoms with E-state index in [1.54, 1.807) is 6.33 Å². The summed E-state index contributed by atoms with van der Waals surface area (Å²) in [6, 6.07) is 7.21. The molecule has 1 aromatic carbocycles. The van der Waals surface area contributed by atoms with Crippen LogP contribution in [0.15, 0.2) is 41.3 Å². The number of hydrogen-bond acceptors (Lipinski definition) is 5. The van der Waals surface area contributed by atoms with Gasteiger partial charge in [-0.2, -0.15) is 0 Å². The second-order valence-electron chi connectivity index (χ2n) is 8.36. The number of nitrogens with one attached hydrogen (secondary N) is 2. The predicted octanol–water partition coefficient (Wildman–Crippen LogP) is 4.07. The van der Waals surface area contributed by atoms with E-state index in [4.69, 9.17) is 5.73 Å². The number of aromatic nitrogens is 3. The number of nitrogens with zero attached hydrogens (tertiary/aromatic N) is 3. The van der Waals surface area contributed by atoms with Gasteiger partial charge in [-0.15, -0.1) is 0 Å². The standard InChI is InChI=1S/C23H30BrFN6/c24-20-14-31(23-21(20)22(26)29-15-30-23)19-7-4-17(12-19)13-28-10-1-9-27-11-8-16-2-5-18(25)6-3-16/h2-3,5-6,14-15,17,19,27-28H,1,4,7-13H2,(H2,26,29,30). The summed E-state index contributed by atoms with van der Waals surface area (Å²) in [4.78, 5) is 8.58. The van der Waals surface area contributed by atoms with E-state index in [-0.39, 0.29) is 5.82 Å². The average Bonchev–Trinajstić information content (AvgIpc) is 3.36. The SMILES string of the molecule is Nc1ncnc2c1c(Br)cn2C1CCC(CNCCCNCCc2ccc(F)cc2)C1. The molecule has 1 fully saturated rings. The minimum absolute atomic E-state index is 0.176. The van der Waals surface area contributed by atoms with Crippen LogP contribution in [-0.4, -0.2) is 40.7 Å². The van der Waals surface area contributed by atoms with Crippen LogP contribution in [0.2, 0.25) is 0 Å². The number of halogens is 2. The van der Waals surface area contributed by atoms with Crippen LogP contribution in [0.3, 0.4) is 0 Å². The maximum absolute atomic E-state index is 12.9. The molecule has 2 unspecified atom stereocenters. The van der Waals surface area contributed by atoms with Gasteiger partial charge in [-0.05, 0) is 97.8 Å². The smallest absolute Gasteiger partial charge is 0.146 e. The lowest BCUT2D eigenvalue weighted by molar-refractivity contribution is 0.452. The molecule has 0 amide bonds. The highest BCUT2D eigenvalue weighted by Gasteiger charge is 2.27. The van der Waals surface area contributed by atoms with E-state index < -0.39 is 0 Å². The van der Waals surface area contributed by atoms with Crippen LogP contribution in [0.25, 0.3) is 11.0 Å². The van der Waals surface area contributed by atoms with E-state index >= 15 is 0 Å². The Labute approximate surface area is 191 Å². The van der Waals surface area contributed by atoms with E-state index in [1.165, 1.54) is 24.1 Å². The lowest BCUT2D eigenvalue weighted by Crippen LogP contribution is -2.26. The molecule has 166 valence electrons. The first kappa shape index (κ1) is 22.2. The van der Waals surface area contributed by atoms with Crippen molar-refractivity contribution in [3.8, 4) is 0 Å². The Hall–Kier alpha value is -2.03. The topological polar surface area (TPSA) is 80.8 Å². The predicted molar refractivity (Wildman–Crippen MR) is 126 cm³/mol. The molecule has 6 nitrogen and oxygen atoms in total. The molecule has 0 spiro atoms. The first-order valence-corrected chi connectivity index (χ1v) is 11.8. The summed E-state index contributed by atoms with van der Waals surface area (Å²) in [5, 5.41) is 8.00. The highest BCUT2D eigenvalue weighted by atomic mass is 79.9. The quantitative estimate of drug-likeness (QED) is 0.374. The number of hydrogen-bond donors (Lipinski definition) is 3. The number of fused-ring (bicyclic) bond motifs is 1. The summed E-state index contributed by atoms with van der Waals surface area (Å²) in [6.45, 7) is 3.99. The first-order chi connectivity index (χ1) is 15.1. The van der Waals surface area contributed by atoms with Crippen LogP contribution in [0.5, 0.6) is 0 Å². The Morgan fingerprint density at radius 3 is 2.74 bits per heavy atom. The summed E-state index contributed by atoms with van der Waals surface area (Å²) < 4.78 is 16.1. The van der Waals surface area contributed by atoms with Crippen LogP contribution >= 0.6 is 15.9 Å².